The minimum absolute atomic E-state index is 0.365. The molecular formula is C24H29ClN4. The lowest BCUT2D eigenvalue weighted by atomic mass is 10.1. The Morgan fingerprint density at radius 3 is 2.69 bits per heavy atom. The van der Waals surface area contributed by atoms with Crippen LogP contribution < -0.4 is 5.32 Å². The van der Waals surface area contributed by atoms with Gasteiger partial charge in [-0.15, -0.1) is 0 Å². The number of H-pyrrole nitrogens is 1. The normalized spacial score (nSPS) is 13.0. The molecule has 0 radical (unpaired) electrons. The second kappa shape index (κ2) is 8.60. The van der Waals surface area contributed by atoms with Gasteiger partial charge < -0.3 is 15.2 Å². The molecule has 4 nitrogen and oxygen atoms in total. The van der Waals surface area contributed by atoms with Gasteiger partial charge in [-0.3, -0.25) is 0 Å². The van der Waals surface area contributed by atoms with Crippen molar-refractivity contribution in [3.8, 4) is 0 Å². The molecule has 0 bridgehead atoms. The minimum Gasteiger partial charge on any atom is -0.381 e. The lowest BCUT2D eigenvalue weighted by molar-refractivity contribution is 0.295. The van der Waals surface area contributed by atoms with Crippen LogP contribution in [-0.4, -0.2) is 40.5 Å². The van der Waals surface area contributed by atoms with E-state index in [1.165, 1.54) is 11.8 Å². The van der Waals surface area contributed by atoms with Crippen molar-refractivity contribution in [2.45, 2.75) is 39.7 Å². The first-order valence-electron chi connectivity index (χ1n) is 10.6. The van der Waals surface area contributed by atoms with Crippen LogP contribution in [0.1, 0.15) is 33.6 Å². The Balaban J connectivity index is 1.72. The lowest BCUT2D eigenvalue weighted by Gasteiger charge is -2.21. The average molecular weight is 409 g/mol. The molecule has 4 rings (SSSR count). The van der Waals surface area contributed by atoms with E-state index in [4.69, 9.17) is 16.6 Å². The number of hydrogen-bond donors (Lipinski definition) is 2. The highest BCUT2D eigenvalue weighted by molar-refractivity contribution is 6.31. The van der Waals surface area contributed by atoms with Gasteiger partial charge in [0.25, 0.3) is 0 Å². The highest BCUT2D eigenvalue weighted by Crippen LogP contribution is 2.37. The fourth-order valence-corrected chi connectivity index (χ4v) is 4.32. The summed E-state index contributed by atoms with van der Waals surface area (Å²) in [6.45, 7) is 10.1. The maximum absolute atomic E-state index is 6.26. The number of aromatic nitrogens is 2. The van der Waals surface area contributed by atoms with Gasteiger partial charge in [0, 0.05) is 27.4 Å². The molecule has 0 aliphatic rings. The Labute approximate surface area is 177 Å². The number of nitrogens with zero attached hydrogens (tertiary/aromatic N) is 2. The van der Waals surface area contributed by atoms with Gasteiger partial charge in [-0.2, -0.15) is 0 Å². The van der Waals surface area contributed by atoms with E-state index in [1.54, 1.807) is 0 Å². The quantitative estimate of drug-likeness (QED) is 0.352. The topological polar surface area (TPSA) is 44.0 Å². The van der Waals surface area contributed by atoms with E-state index in [-0.39, 0.29) is 0 Å². The number of pyridine rings is 1. The highest BCUT2D eigenvalue weighted by Gasteiger charge is 2.16. The molecule has 0 spiro atoms. The maximum atomic E-state index is 6.26. The molecule has 2 N–H and O–H groups in total. The van der Waals surface area contributed by atoms with Gasteiger partial charge >= 0.3 is 0 Å². The summed E-state index contributed by atoms with van der Waals surface area (Å²) < 4.78 is 0. The maximum Gasteiger partial charge on any atom is 0.141 e. The Kier molecular flexibility index (Phi) is 5.93. The van der Waals surface area contributed by atoms with Crippen molar-refractivity contribution in [1.29, 1.82) is 0 Å². The third-order valence-corrected chi connectivity index (χ3v) is 6.03. The first-order valence-corrected chi connectivity index (χ1v) is 11.0. The molecule has 152 valence electrons. The number of para-hydroxylation sites is 1. The van der Waals surface area contributed by atoms with Gasteiger partial charge in [0.2, 0.25) is 0 Å². The van der Waals surface area contributed by atoms with Gasteiger partial charge in [-0.05, 0) is 63.7 Å². The van der Waals surface area contributed by atoms with Gasteiger partial charge in [0.1, 0.15) is 5.65 Å². The standard InChI is InChI=1S/C24H29ClN4/c1-4-29(5-2)14-8-9-16(3)26-23-19-13-12-17(25)15-21(19)28-24-22(23)18-10-6-7-11-20(18)27-24/h6-7,10-13,15-16H,4-5,8-9,14H2,1-3H3,(H2,26,27,28). The fraction of sp³-hybridized carbons (Fsp3) is 0.375. The summed E-state index contributed by atoms with van der Waals surface area (Å²) in [6.07, 6.45) is 2.31. The van der Waals surface area contributed by atoms with E-state index < -0.39 is 0 Å². The smallest absolute Gasteiger partial charge is 0.141 e. The van der Waals surface area contributed by atoms with Gasteiger partial charge in [0.15, 0.2) is 0 Å². The number of anilines is 1. The SMILES string of the molecule is CCN(CC)CCCC(C)Nc1c2ccc(Cl)cc2nc2[nH]c3ccccc3c12. The monoisotopic (exact) mass is 408 g/mol. The van der Waals surface area contributed by atoms with Gasteiger partial charge in [-0.25, -0.2) is 4.98 Å². The predicted octanol–water partition coefficient (Wildman–Crippen LogP) is 6.45. The first-order chi connectivity index (χ1) is 14.1. The summed E-state index contributed by atoms with van der Waals surface area (Å²) in [5, 5.41) is 7.99. The van der Waals surface area contributed by atoms with Crippen molar-refractivity contribution < 1.29 is 0 Å². The largest absolute Gasteiger partial charge is 0.381 e. The molecule has 2 aromatic carbocycles. The molecule has 0 saturated carbocycles. The van der Waals surface area contributed by atoms with E-state index in [0.29, 0.717) is 11.1 Å². The Morgan fingerprint density at radius 1 is 1.10 bits per heavy atom. The van der Waals surface area contributed by atoms with Crippen molar-refractivity contribution in [3.63, 3.8) is 0 Å². The molecule has 0 amide bonds. The van der Waals surface area contributed by atoms with Crippen LogP contribution in [0.4, 0.5) is 5.69 Å². The average Bonchev–Trinajstić information content (AvgIpc) is 3.09. The van der Waals surface area contributed by atoms with Crippen molar-refractivity contribution in [3.05, 3.63) is 47.5 Å². The summed E-state index contributed by atoms with van der Waals surface area (Å²) >= 11 is 6.26. The molecule has 5 heteroatoms. The number of benzene rings is 2. The van der Waals surface area contributed by atoms with Crippen LogP contribution in [0.5, 0.6) is 0 Å². The molecule has 1 unspecified atom stereocenters. The summed E-state index contributed by atoms with van der Waals surface area (Å²) in [6, 6.07) is 14.7. The van der Waals surface area contributed by atoms with Crippen LogP contribution in [-0.2, 0) is 0 Å². The van der Waals surface area contributed by atoms with Crippen LogP contribution in [0.15, 0.2) is 42.5 Å². The molecule has 2 aromatic heterocycles. The Bertz CT molecular complexity index is 1130. The summed E-state index contributed by atoms with van der Waals surface area (Å²) in [5.41, 5.74) is 4.07. The van der Waals surface area contributed by atoms with E-state index in [1.807, 2.05) is 12.1 Å². The third kappa shape index (κ3) is 4.05. The van der Waals surface area contributed by atoms with Gasteiger partial charge in [0.05, 0.1) is 16.6 Å². The van der Waals surface area contributed by atoms with E-state index in [2.05, 4.69) is 66.3 Å². The van der Waals surface area contributed by atoms with E-state index in [9.17, 15) is 0 Å². The van der Waals surface area contributed by atoms with Crippen molar-refractivity contribution >= 4 is 50.1 Å². The molecule has 0 fully saturated rings. The van der Waals surface area contributed by atoms with E-state index in [0.717, 1.165) is 59.2 Å². The Hall–Kier alpha value is -2.30. The zero-order valence-corrected chi connectivity index (χ0v) is 18.2. The molecule has 29 heavy (non-hydrogen) atoms. The summed E-state index contributed by atoms with van der Waals surface area (Å²) in [7, 11) is 0. The van der Waals surface area contributed by atoms with Crippen LogP contribution in [0, 0.1) is 0 Å². The molecular weight excluding hydrogens is 380 g/mol. The van der Waals surface area contributed by atoms with Crippen LogP contribution >= 0.6 is 11.6 Å². The fourth-order valence-electron chi connectivity index (χ4n) is 4.16. The first kappa shape index (κ1) is 20.0. The molecule has 0 aliphatic carbocycles. The minimum atomic E-state index is 0.365. The number of hydrogen-bond acceptors (Lipinski definition) is 3. The number of nitrogens with one attached hydrogen (secondary N) is 2. The molecule has 1 atom stereocenters. The van der Waals surface area contributed by atoms with E-state index >= 15 is 0 Å². The van der Waals surface area contributed by atoms with Crippen LogP contribution in [0.3, 0.4) is 0 Å². The predicted molar refractivity (Wildman–Crippen MR) is 126 cm³/mol. The zero-order chi connectivity index (χ0) is 20.4. The highest BCUT2D eigenvalue weighted by atomic mass is 35.5. The molecule has 2 heterocycles. The van der Waals surface area contributed by atoms with Crippen LogP contribution in [0.25, 0.3) is 32.8 Å². The van der Waals surface area contributed by atoms with Crippen molar-refractivity contribution in [2.24, 2.45) is 0 Å². The second-order valence-corrected chi connectivity index (χ2v) is 8.19. The third-order valence-electron chi connectivity index (χ3n) is 5.79. The zero-order valence-electron chi connectivity index (χ0n) is 17.4. The molecule has 4 aromatic rings. The summed E-state index contributed by atoms with van der Waals surface area (Å²) in [4.78, 5) is 10.8. The number of halogens is 1. The van der Waals surface area contributed by atoms with Crippen molar-refractivity contribution in [1.82, 2.24) is 14.9 Å². The Morgan fingerprint density at radius 2 is 1.90 bits per heavy atom. The molecule has 0 aliphatic heterocycles. The second-order valence-electron chi connectivity index (χ2n) is 7.76. The summed E-state index contributed by atoms with van der Waals surface area (Å²) in [5.74, 6) is 0. The van der Waals surface area contributed by atoms with Crippen LogP contribution in [0.2, 0.25) is 5.02 Å². The van der Waals surface area contributed by atoms with Gasteiger partial charge in [-0.1, -0.05) is 43.6 Å². The number of fused-ring (bicyclic) bond motifs is 4. The molecule has 0 saturated heterocycles. The number of aromatic amines is 1. The number of rotatable bonds is 8. The lowest BCUT2D eigenvalue weighted by Crippen LogP contribution is -2.25. The van der Waals surface area contributed by atoms with Crippen molar-refractivity contribution in [2.75, 3.05) is 25.0 Å².